The summed E-state index contributed by atoms with van der Waals surface area (Å²) in [4.78, 5) is 22.4. The van der Waals surface area contributed by atoms with Crippen LogP contribution in [0.2, 0.25) is 0 Å². The molecule has 0 rings (SSSR count). The average molecular weight is 386 g/mol. The Bertz CT molecular complexity index is 547. The van der Waals surface area contributed by atoms with Crippen LogP contribution in [0, 0.1) is 0 Å². The normalized spacial score (nSPS) is 14.3. The molecule has 0 radical (unpaired) electrons. The lowest BCUT2D eigenvalue weighted by Gasteiger charge is -2.30. The van der Waals surface area contributed by atoms with Crippen molar-refractivity contribution in [3.8, 4) is 0 Å². The summed E-state index contributed by atoms with van der Waals surface area (Å²) in [5.41, 5.74) is -0.215. The van der Waals surface area contributed by atoms with Crippen molar-refractivity contribution in [2.75, 3.05) is 13.2 Å². The number of hydrogen-bond donors (Lipinski definition) is 2. The minimum Gasteiger partial charge on any atom is -0.460 e. The first-order valence-corrected chi connectivity index (χ1v) is 7.47. The minimum atomic E-state index is -4.72. The van der Waals surface area contributed by atoms with Crippen LogP contribution in [0.4, 0.5) is 17.6 Å². The van der Waals surface area contributed by atoms with Gasteiger partial charge in [0, 0.05) is 17.6 Å². The second-order valence-electron chi connectivity index (χ2n) is 5.84. The number of aliphatic hydroxyl groups is 2. The summed E-state index contributed by atoms with van der Waals surface area (Å²) in [6.45, 7) is 6.89. The Hall–Kier alpha value is -1.94. The molecule has 0 aromatic heterocycles. The van der Waals surface area contributed by atoms with Crippen molar-refractivity contribution in [3.63, 3.8) is 0 Å². The number of esters is 2. The number of halogens is 4. The maximum absolute atomic E-state index is 13.9. The van der Waals surface area contributed by atoms with Crippen molar-refractivity contribution in [2.24, 2.45) is 0 Å². The van der Waals surface area contributed by atoms with Crippen LogP contribution >= 0.6 is 0 Å². The van der Waals surface area contributed by atoms with Gasteiger partial charge in [0.25, 0.3) is 0 Å². The van der Waals surface area contributed by atoms with Crippen molar-refractivity contribution < 1.29 is 46.8 Å². The summed E-state index contributed by atoms with van der Waals surface area (Å²) < 4.78 is 64.3. The summed E-state index contributed by atoms with van der Waals surface area (Å²) in [6, 6.07) is 0. The molecule has 0 aromatic rings. The van der Waals surface area contributed by atoms with E-state index in [0.717, 1.165) is 0 Å². The molecule has 26 heavy (non-hydrogen) atoms. The molecule has 0 amide bonds. The Morgan fingerprint density at radius 3 is 1.88 bits per heavy atom. The molecule has 0 aliphatic carbocycles. The molecule has 0 spiro atoms. The maximum atomic E-state index is 13.9. The minimum absolute atomic E-state index is 0.0561. The summed E-state index contributed by atoms with van der Waals surface area (Å²) >= 11 is 0. The van der Waals surface area contributed by atoms with E-state index in [4.69, 9.17) is 5.11 Å². The molecule has 0 saturated heterocycles. The van der Waals surface area contributed by atoms with E-state index in [1.165, 1.54) is 13.8 Å². The second-order valence-corrected chi connectivity index (χ2v) is 5.84. The molecular weight excluding hydrogens is 364 g/mol. The highest BCUT2D eigenvalue weighted by atomic mass is 19.3. The number of rotatable bonds is 11. The van der Waals surface area contributed by atoms with Crippen LogP contribution in [0.1, 0.15) is 26.7 Å². The van der Waals surface area contributed by atoms with Crippen LogP contribution in [0.25, 0.3) is 0 Å². The van der Waals surface area contributed by atoms with Gasteiger partial charge in [-0.05, 0) is 13.8 Å². The van der Waals surface area contributed by atoms with Gasteiger partial charge in [0.2, 0.25) is 0 Å². The number of aliphatic hydroxyl groups excluding tert-OH is 2. The summed E-state index contributed by atoms with van der Waals surface area (Å²) in [7, 11) is 0. The molecule has 0 aliphatic rings. The first-order valence-electron chi connectivity index (χ1n) is 7.47. The summed E-state index contributed by atoms with van der Waals surface area (Å²) in [5, 5.41) is 18.4. The molecule has 150 valence electrons. The number of alkyl halides is 4. The average Bonchev–Trinajstić information content (AvgIpc) is 2.50. The third kappa shape index (κ3) is 7.52. The van der Waals surface area contributed by atoms with E-state index in [2.05, 4.69) is 22.6 Å². The molecular formula is C16H22F4O6. The molecule has 0 fully saturated rings. The Morgan fingerprint density at radius 2 is 1.46 bits per heavy atom. The van der Waals surface area contributed by atoms with Gasteiger partial charge in [-0.3, -0.25) is 0 Å². The van der Waals surface area contributed by atoms with Gasteiger partial charge in [-0.1, -0.05) is 13.2 Å². The van der Waals surface area contributed by atoms with Gasteiger partial charge >= 0.3 is 23.8 Å². The van der Waals surface area contributed by atoms with Gasteiger partial charge in [-0.2, -0.15) is 17.6 Å². The molecule has 2 atom stereocenters. The van der Waals surface area contributed by atoms with Crippen LogP contribution in [0.3, 0.4) is 0 Å². The lowest BCUT2D eigenvalue weighted by Crippen LogP contribution is -2.47. The van der Waals surface area contributed by atoms with Crippen LogP contribution in [-0.4, -0.2) is 59.4 Å². The van der Waals surface area contributed by atoms with Crippen LogP contribution < -0.4 is 0 Å². The number of hydrogen-bond acceptors (Lipinski definition) is 6. The zero-order valence-corrected chi connectivity index (χ0v) is 14.4. The van der Waals surface area contributed by atoms with E-state index in [1.807, 2.05) is 0 Å². The van der Waals surface area contributed by atoms with E-state index in [0.29, 0.717) is 0 Å². The monoisotopic (exact) mass is 386 g/mol. The lowest BCUT2D eigenvalue weighted by atomic mass is 9.99. The standard InChI is InChI=1S/C16H22F4O6/c1-9(2)13(23)25-8-11(22)5-15(17,18)16(19,20)6-12(7-21)26-14(24)10(3)4/h11-12,21-22H,1,3,5-8H2,2,4H3. The molecule has 0 heterocycles. The van der Waals surface area contributed by atoms with E-state index in [1.54, 1.807) is 0 Å². The van der Waals surface area contributed by atoms with Crippen LogP contribution in [0.5, 0.6) is 0 Å². The van der Waals surface area contributed by atoms with Crippen molar-refractivity contribution in [3.05, 3.63) is 24.3 Å². The van der Waals surface area contributed by atoms with Crippen molar-refractivity contribution in [1.29, 1.82) is 0 Å². The van der Waals surface area contributed by atoms with E-state index in [-0.39, 0.29) is 11.1 Å². The molecule has 10 heteroatoms. The van der Waals surface area contributed by atoms with E-state index >= 15 is 0 Å². The third-order valence-electron chi connectivity index (χ3n) is 3.09. The first kappa shape index (κ1) is 24.1. The fourth-order valence-corrected chi connectivity index (χ4v) is 1.63. The van der Waals surface area contributed by atoms with Crippen LogP contribution in [-0.2, 0) is 19.1 Å². The van der Waals surface area contributed by atoms with Gasteiger partial charge in [-0.25, -0.2) is 9.59 Å². The SMILES string of the molecule is C=C(C)C(=O)OCC(O)CC(F)(F)C(F)(F)CC(CO)OC(=O)C(=C)C. The Balaban J connectivity index is 4.89. The summed E-state index contributed by atoms with van der Waals surface area (Å²) in [6.07, 6.45) is -7.34. The highest BCUT2D eigenvalue weighted by molar-refractivity contribution is 5.87. The molecule has 0 aliphatic heterocycles. The smallest absolute Gasteiger partial charge is 0.333 e. The van der Waals surface area contributed by atoms with Crippen LogP contribution in [0.15, 0.2) is 24.3 Å². The van der Waals surface area contributed by atoms with Crippen molar-refractivity contribution in [2.45, 2.75) is 50.7 Å². The zero-order chi connectivity index (χ0) is 20.7. The van der Waals surface area contributed by atoms with Gasteiger partial charge in [0.15, 0.2) is 0 Å². The van der Waals surface area contributed by atoms with Gasteiger partial charge in [0.05, 0.1) is 19.1 Å². The highest BCUT2D eigenvalue weighted by Gasteiger charge is 2.57. The fourth-order valence-electron chi connectivity index (χ4n) is 1.63. The van der Waals surface area contributed by atoms with Gasteiger partial charge in [0.1, 0.15) is 12.7 Å². The topological polar surface area (TPSA) is 93.1 Å². The lowest BCUT2D eigenvalue weighted by molar-refractivity contribution is -0.237. The largest absolute Gasteiger partial charge is 0.460 e. The molecule has 0 saturated carbocycles. The van der Waals surface area contributed by atoms with Crippen molar-refractivity contribution >= 4 is 11.9 Å². The van der Waals surface area contributed by atoms with Gasteiger partial charge < -0.3 is 19.7 Å². The van der Waals surface area contributed by atoms with E-state index < -0.39 is 62.0 Å². The predicted octanol–water partition coefficient (Wildman–Crippen LogP) is 2.00. The molecule has 0 bridgehead atoms. The zero-order valence-electron chi connectivity index (χ0n) is 14.4. The second kappa shape index (κ2) is 9.67. The molecule has 2 unspecified atom stereocenters. The number of carbonyl (C=O) groups excluding carboxylic acids is 2. The Morgan fingerprint density at radius 1 is 1.00 bits per heavy atom. The molecule has 6 nitrogen and oxygen atoms in total. The Labute approximate surface area is 148 Å². The Kier molecular flexibility index (Phi) is 8.95. The highest BCUT2D eigenvalue weighted by Crippen LogP contribution is 2.41. The molecule has 0 aromatic carbocycles. The summed E-state index contributed by atoms with van der Waals surface area (Å²) in [5.74, 6) is -11.5. The predicted molar refractivity (Wildman–Crippen MR) is 82.7 cm³/mol. The maximum Gasteiger partial charge on any atom is 0.333 e. The third-order valence-corrected chi connectivity index (χ3v) is 3.09. The number of ether oxygens (including phenoxy) is 2. The fraction of sp³-hybridized carbons (Fsp3) is 0.625. The van der Waals surface area contributed by atoms with Crippen molar-refractivity contribution in [1.82, 2.24) is 0 Å². The number of carbonyl (C=O) groups is 2. The first-order chi connectivity index (χ1) is 11.7. The van der Waals surface area contributed by atoms with E-state index in [9.17, 15) is 32.3 Å². The quantitative estimate of drug-likeness (QED) is 0.321. The molecule has 2 N–H and O–H groups in total. The van der Waals surface area contributed by atoms with Gasteiger partial charge in [-0.15, -0.1) is 0 Å².